The third kappa shape index (κ3) is 11.5. The molecule has 1 fully saturated rings. The van der Waals surface area contributed by atoms with Crippen LogP contribution in [0, 0.1) is 0 Å². The Morgan fingerprint density at radius 2 is 1.16 bits per heavy atom. The van der Waals surface area contributed by atoms with E-state index in [1.807, 2.05) is 13.8 Å². The molecule has 0 unspecified atom stereocenters. The molecular weight excluding hydrogens is 454 g/mol. The van der Waals surface area contributed by atoms with Gasteiger partial charge >= 0.3 is 0 Å². The fourth-order valence-corrected chi connectivity index (χ4v) is 5.22. The molecular formula is C34H51NO2. The monoisotopic (exact) mass is 505 g/mol. The highest BCUT2D eigenvalue weighted by Crippen LogP contribution is 2.33. The molecule has 2 aromatic carbocycles. The van der Waals surface area contributed by atoms with Gasteiger partial charge < -0.3 is 9.47 Å². The number of benzene rings is 2. The molecule has 3 rings (SSSR count). The molecule has 0 aromatic heterocycles. The number of nitrogens with zero attached hydrogens (tertiary/aromatic N) is 1. The van der Waals surface area contributed by atoms with E-state index in [1.165, 1.54) is 81.8 Å². The summed E-state index contributed by atoms with van der Waals surface area (Å²) in [5, 5.41) is 0. The van der Waals surface area contributed by atoms with Crippen LogP contribution < -0.4 is 0 Å². The smallest absolute Gasteiger partial charge is 0.166 e. The van der Waals surface area contributed by atoms with E-state index < -0.39 is 5.79 Å². The van der Waals surface area contributed by atoms with Gasteiger partial charge in [-0.05, 0) is 37.8 Å². The quantitative estimate of drug-likeness (QED) is 0.149. The van der Waals surface area contributed by atoms with Gasteiger partial charge in [-0.25, -0.2) is 0 Å². The third-order valence-electron chi connectivity index (χ3n) is 7.22. The first-order valence-electron chi connectivity index (χ1n) is 14.9. The standard InChI is InChI=1S/C34H51NO2/c1-4-5-6-7-8-9-10-11-12-13-14-15-22-27-32-33(37-34(2,3)36-32)35(28-30-23-18-16-19-24-30)29-31-25-20-17-21-26-31/h16-27,32-33H,4-15,28-29H2,1-3H3/b27-22+/t32-,33+/m1/s1. The van der Waals surface area contributed by atoms with Crippen molar-refractivity contribution in [3.63, 3.8) is 0 Å². The number of rotatable bonds is 18. The Labute approximate surface area is 227 Å². The topological polar surface area (TPSA) is 21.7 Å². The van der Waals surface area contributed by atoms with Crippen molar-refractivity contribution in [3.8, 4) is 0 Å². The summed E-state index contributed by atoms with van der Waals surface area (Å²) >= 11 is 0. The van der Waals surface area contributed by atoms with Crippen LogP contribution in [0.1, 0.15) is 109 Å². The molecule has 0 spiro atoms. The van der Waals surface area contributed by atoms with Crippen LogP contribution in [0.2, 0.25) is 0 Å². The zero-order chi connectivity index (χ0) is 26.2. The SMILES string of the molecule is CCCCCCCCCCCCC/C=C/[C@H]1OC(C)(C)O[C@@H]1N(Cc1ccccc1)Cc1ccccc1. The Morgan fingerprint density at radius 1 is 0.676 bits per heavy atom. The average molecular weight is 506 g/mol. The minimum absolute atomic E-state index is 0.0740. The first-order valence-corrected chi connectivity index (χ1v) is 14.9. The summed E-state index contributed by atoms with van der Waals surface area (Å²) in [5.74, 6) is -0.595. The Balaban J connectivity index is 1.47. The fourth-order valence-electron chi connectivity index (χ4n) is 5.22. The minimum atomic E-state index is -0.595. The second-order valence-corrected chi connectivity index (χ2v) is 11.1. The molecule has 0 amide bonds. The normalized spacial score (nSPS) is 19.2. The average Bonchev–Trinajstić information content (AvgIpc) is 3.22. The largest absolute Gasteiger partial charge is 0.339 e. The molecule has 1 heterocycles. The zero-order valence-corrected chi connectivity index (χ0v) is 23.7. The molecule has 2 aromatic rings. The van der Waals surface area contributed by atoms with Gasteiger partial charge in [-0.15, -0.1) is 0 Å². The molecule has 3 heteroatoms. The number of ether oxygens (including phenoxy) is 2. The first-order chi connectivity index (χ1) is 18.1. The van der Waals surface area contributed by atoms with E-state index in [1.54, 1.807) is 0 Å². The third-order valence-corrected chi connectivity index (χ3v) is 7.22. The Morgan fingerprint density at radius 3 is 1.68 bits per heavy atom. The number of hydrogen-bond donors (Lipinski definition) is 0. The molecule has 3 nitrogen and oxygen atoms in total. The van der Waals surface area contributed by atoms with Crippen LogP contribution in [-0.2, 0) is 22.6 Å². The van der Waals surface area contributed by atoms with Crippen molar-refractivity contribution in [1.29, 1.82) is 0 Å². The number of hydrogen-bond acceptors (Lipinski definition) is 3. The summed E-state index contributed by atoms with van der Waals surface area (Å²) in [6.45, 7) is 7.99. The first kappa shape index (κ1) is 29.6. The van der Waals surface area contributed by atoms with E-state index in [4.69, 9.17) is 9.47 Å². The van der Waals surface area contributed by atoms with Crippen LogP contribution in [0.15, 0.2) is 72.8 Å². The van der Waals surface area contributed by atoms with Gasteiger partial charge in [0.05, 0.1) is 0 Å². The summed E-state index contributed by atoms with van der Waals surface area (Å²) in [5.41, 5.74) is 2.57. The summed E-state index contributed by atoms with van der Waals surface area (Å²) in [7, 11) is 0. The summed E-state index contributed by atoms with van der Waals surface area (Å²) in [6, 6.07) is 21.3. The fraction of sp³-hybridized carbons (Fsp3) is 0.588. The van der Waals surface area contributed by atoms with E-state index in [-0.39, 0.29) is 12.3 Å². The number of allylic oxidation sites excluding steroid dienone is 1. The predicted octanol–water partition coefficient (Wildman–Crippen LogP) is 9.42. The van der Waals surface area contributed by atoms with Crippen LogP contribution in [-0.4, -0.2) is 23.0 Å². The van der Waals surface area contributed by atoms with Crippen LogP contribution in [0.3, 0.4) is 0 Å². The van der Waals surface area contributed by atoms with Gasteiger partial charge in [-0.2, -0.15) is 0 Å². The predicted molar refractivity (Wildman–Crippen MR) is 156 cm³/mol. The van der Waals surface area contributed by atoms with Gasteiger partial charge in [-0.3, -0.25) is 4.90 Å². The maximum Gasteiger partial charge on any atom is 0.166 e. The second kappa shape index (κ2) is 16.8. The van der Waals surface area contributed by atoms with E-state index in [9.17, 15) is 0 Å². The van der Waals surface area contributed by atoms with Crippen molar-refractivity contribution in [2.24, 2.45) is 0 Å². The molecule has 204 valence electrons. The lowest BCUT2D eigenvalue weighted by Gasteiger charge is -2.30. The van der Waals surface area contributed by atoms with Gasteiger partial charge in [0, 0.05) is 13.1 Å². The molecule has 1 saturated heterocycles. The molecule has 0 radical (unpaired) electrons. The van der Waals surface area contributed by atoms with Gasteiger partial charge in [0.2, 0.25) is 0 Å². The maximum absolute atomic E-state index is 6.48. The molecule has 0 aliphatic carbocycles. The maximum atomic E-state index is 6.48. The van der Waals surface area contributed by atoms with E-state index in [0.717, 1.165) is 19.5 Å². The van der Waals surface area contributed by atoms with Crippen molar-refractivity contribution in [2.45, 2.75) is 129 Å². The van der Waals surface area contributed by atoms with Crippen LogP contribution in [0.5, 0.6) is 0 Å². The molecule has 0 bridgehead atoms. The molecule has 1 aliphatic heterocycles. The highest BCUT2D eigenvalue weighted by atomic mass is 16.8. The van der Waals surface area contributed by atoms with Crippen molar-refractivity contribution >= 4 is 0 Å². The van der Waals surface area contributed by atoms with Crippen molar-refractivity contribution < 1.29 is 9.47 Å². The Hall–Kier alpha value is -1.94. The van der Waals surface area contributed by atoms with E-state index in [2.05, 4.69) is 84.6 Å². The summed E-state index contributed by atoms with van der Waals surface area (Å²) in [6.07, 6.45) is 20.7. The van der Waals surface area contributed by atoms with Crippen molar-refractivity contribution in [2.75, 3.05) is 0 Å². The summed E-state index contributed by atoms with van der Waals surface area (Å²) in [4.78, 5) is 2.41. The highest BCUT2D eigenvalue weighted by Gasteiger charge is 2.43. The van der Waals surface area contributed by atoms with E-state index >= 15 is 0 Å². The molecule has 0 N–H and O–H groups in total. The summed E-state index contributed by atoms with van der Waals surface area (Å²) < 4.78 is 12.9. The Kier molecular flexibility index (Phi) is 13.5. The molecule has 1 aliphatic rings. The van der Waals surface area contributed by atoms with Crippen molar-refractivity contribution in [1.82, 2.24) is 4.90 Å². The zero-order valence-electron chi connectivity index (χ0n) is 23.7. The lowest BCUT2D eigenvalue weighted by molar-refractivity contribution is -0.163. The lowest BCUT2D eigenvalue weighted by atomic mass is 10.1. The van der Waals surface area contributed by atoms with E-state index in [0.29, 0.717) is 0 Å². The second-order valence-electron chi connectivity index (χ2n) is 11.1. The minimum Gasteiger partial charge on any atom is -0.339 e. The molecule has 2 atom stereocenters. The van der Waals surface area contributed by atoms with Crippen LogP contribution in [0.4, 0.5) is 0 Å². The van der Waals surface area contributed by atoms with Gasteiger partial charge in [-0.1, -0.05) is 144 Å². The van der Waals surface area contributed by atoms with Crippen molar-refractivity contribution in [3.05, 3.63) is 83.9 Å². The van der Waals surface area contributed by atoms with Crippen LogP contribution >= 0.6 is 0 Å². The van der Waals surface area contributed by atoms with Crippen LogP contribution in [0.25, 0.3) is 0 Å². The molecule has 37 heavy (non-hydrogen) atoms. The number of unbranched alkanes of at least 4 members (excludes halogenated alkanes) is 11. The van der Waals surface area contributed by atoms with Gasteiger partial charge in [0.25, 0.3) is 0 Å². The highest BCUT2D eigenvalue weighted by molar-refractivity contribution is 5.18. The molecule has 0 saturated carbocycles. The van der Waals surface area contributed by atoms with Gasteiger partial charge in [0.1, 0.15) is 12.3 Å². The Bertz CT molecular complexity index is 822. The lowest BCUT2D eigenvalue weighted by Crippen LogP contribution is -2.40. The van der Waals surface area contributed by atoms with Gasteiger partial charge in [0.15, 0.2) is 5.79 Å².